The highest BCUT2D eigenvalue weighted by Crippen LogP contribution is 2.21. The molecule has 0 unspecified atom stereocenters. The molecular formula is C19H32IN5O. The van der Waals surface area contributed by atoms with E-state index in [-0.39, 0.29) is 29.9 Å². The number of halogens is 1. The molecule has 0 spiro atoms. The van der Waals surface area contributed by atoms with Crippen LogP contribution in [0.4, 0.5) is 5.69 Å². The van der Waals surface area contributed by atoms with E-state index >= 15 is 0 Å². The third-order valence-electron chi connectivity index (χ3n) is 4.16. The van der Waals surface area contributed by atoms with E-state index in [9.17, 15) is 4.79 Å². The Kier molecular flexibility index (Phi) is 10.6. The largest absolute Gasteiger partial charge is 0.357 e. The number of carbonyl (C=O) groups is 1. The third-order valence-corrected chi connectivity index (χ3v) is 4.16. The molecule has 1 aliphatic rings. The van der Waals surface area contributed by atoms with Crippen LogP contribution in [0.15, 0.2) is 29.3 Å². The van der Waals surface area contributed by atoms with Gasteiger partial charge in [-0.15, -0.1) is 24.0 Å². The standard InChI is InChI=1S/C19H31N5O.HI/c1-4-20-19(21-12-6-13-23(2)3)22-15-16-8-10-17(11-9-16)24-14-5-7-18(24)25;/h8-11H,4-7,12-15H2,1-3H3,(H2,20,21,22);1H. The van der Waals surface area contributed by atoms with Gasteiger partial charge in [-0.1, -0.05) is 12.1 Å². The van der Waals surface area contributed by atoms with Crippen LogP contribution in [-0.2, 0) is 11.3 Å². The molecule has 1 saturated heterocycles. The number of hydrogen-bond donors (Lipinski definition) is 2. The zero-order valence-electron chi connectivity index (χ0n) is 16.1. The Morgan fingerprint density at radius 2 is 1.96 bits per heavy atom. The van der Waals surface area contributed by atoms with Crippen molar-refractivity contribution in [2.75, 3.05) is 45.2 Å². The number of carbonyl (C=O) groups excluding carboxylic acids is 1. The minimum absolute atomic E-state index is 0. The van der Waals surface area contributed by atoms with Crippen molar-refractivity contribution in [3.8, 4) is 0 Å². The predicted molar refractivity (Wildman–Crippen MR) is 119 cm³/mol. The van der Waals surface area contributed by atoms with Crippen molar-refractivity contribution in [1.29, 1.82) is 0 Å². The van der Waals surface area contributed by atoms with E-state index in [2.05, 4.69) is 53.7 Å². The molecule has 7 heteroatoms. The Bertz CT molecular complexity index is 574. The van der Waals surface area contributed by atoms with Crippen molar-refractivity contribution in [3.63, 3.8) is 0 Å². The van der Waals surface area contributed by atoms with Crippen LogP contribution in [0.5, 0.6) is 0 Å². The maximum absolute atomic E-state index is 11.8. The Labute approximate surface area is 174 Å². The number of guanidine groups is 1. The minimum atomic E-state index is 0. The van der Waals surface area contributed by atoms with Crippen molar-refractivity contribution in [2.45, 2.75) is 32.7 Å². The molecule has 26 heavy (non-hydrogen) atoms. The fourth-order valence-electron chi connectivity index (χ4n) is 2.82. The number of hydrogen-bond acceptors (Lipinski definition) is 3. The second kappa shape index (κ2) is 12.1. The summed E-state index contributed by atoms with van der Waals surface area (Å²) in [6.45, 7) is 6.33. The van der Waals surface area contributed by atoms with Gasteiger partial charge in [-0.25, -0.2) is 4.99 Å². The molecule has 2 N–H and O–H groups in total. The van der Waals surface area contributed by atoms with Crippen molar-refractivity contribution in [1.82, 2.24) is 15.5 Å². The molecule has 0 bridgehead atoms. The molecule has 1 heterocycles. The summed E-state index contributed by atoms with van der Waals surface area (Å²) in [6.07, 6.45) is 2.70. The first-order valence-electron chi connectivity index (χ1n) is 9.16. The normalized spacial score (nSPS) is 14.5. The lowest BCUT2D eigenvalue weighted by molar-refractivity contribution is -0.117. The van der Waals surface area contributed by atoms with E-state index in [1.165, 1.54) is 0 Å². The molecule has 6 nitrogen and oxygen atoms in total. The van der Waals surface area contributed by atoms with E-state index in [1.807, 2.05) is 17.0 Å². The molecule has 0 aromatic heterocycles. The lowest BCUT2D eigenvalue weighted by Gasteiger charge is -2.16. The number of benzene rings is 1. The summed E-state index contributed by atoms with van der Waals surface area (Å²) in [7, 11) is 4.16. The fourth-order valence-corrected chi connectivity index (χ4v) is 2.82. The minimum Gasteiger partial charge on any atom is -0.357 e. The van der Waals surface area contributed by atoms with Crippen molar-refractivity contribution < 1.29 is 4.79 Å². The molecule has 0 atom stereocenters. The number of nitrogens with one attached hydrogen (secondary N) is 2. The van der Waals surface area contributed by atoms with Crippen LogP contribution in [0.2, 0.25) is 0 Å². The first kappa shape index (κ1) is 22.7. The van der Waals surface area contributed by atoms with Gasteiger partial charge in [0.15, 0.2) is 5.96 Å². The highest BCUT2D eigenvalue weighted by Gasteiger charge is 2.21. The zero-order valence-corrected chi connectivity index (χ0v) is 18.5. The number of amides is 1. The first-order valence-corrected chi connectivity index (χ1v) is 9.16. The lowest BCUT2D eigenvalue weighted by atomic mass is 10.2. The molecule has 1 amide bonds. The molecule has 1 aromatic rings. The first-order chi connectivity index (χ1) is 12.1. The SMILES string of the molecule is CCNC(=NCc1ccc(N2CCCC2=O)cc1)NCCCN(C)C.I. The molecule has 0 radical (unpaired) electrons. The maximum atomic E-state index is 11.8. The average Bonchev–Trinajstić information content (AvgIpc) is 3.02. The quantitative estimate of drug-likeness (QED) is 0.264. The molecule has 2 rings (SSSR count). The summed E-state index contributed by atoms with van der Waals surface area (Å²) in [4.78, 5) is 20.5. The van der Waals surface area contributed by atoms with Crippen LogP contribution in [0.3, 0.4) is 0 Å². The van der Waals surface area contributed by atoms with Gasteiger partial charge in [0.2, 0.25) is 5.91 Å². The van der Waals surface area contributed by atoms with Crippen molar-refractivity contribution in [2.24, 2.45) is 4.99 Å². The molecule has 146 valence electrons. The highest BCUT2D eigenvalue weighted by atomic mass is 127. The molecule has 1 aliphatic heterocycles. The second-order valence-electron chi connectivity index (χ2n) is 6.59. The second-order valence-corrected chi connectivity index (χ2v) is 6.59. The Hall–Kier alpha value is -1.35. The summed E-state index contributed by atoms with van der Waals surface area (Å²) in [5.41, 5.74) is 2.13. The van der Waals surface area contributed by atoms with Gasteiger partial charge in [0.25, 0.3) is 0 Å². The Morgan fingerprint density at radius 3 is 2.54 bits per heavy atom. The van der Waals surface area contributed by atoms with Crippen LogP contribution < -0.4 is 15.5 Å². The monoisotopic (exact) mass is 473 g/mol. The third kappa shape index (κ3) is 7.49. The average molecular weight is 473 g/mol. The van der Waals surface area contributed by atoms with E-state index in [4.69, 9.17) is 0 Å². The van der Waals surface area contributed by atoms with Crippen molar-refractivity contribution >= 4 is 41.5 Å². The fraction of sp³-hybridized carbons (Fsp3) is 0.579. The maximum Gasteiger partial charge on any atom is 0.227 e. The number of anilines is 1. The van der Waals surface area contributed by atoms with Gasteiger partial charge in [0, 0.05) is 31.7 Å². The smallest absolute Gasteiger partial charge is 0.227 e. The van der Waals surface area contributed by atoms with E-state index in [1.54, 1.807) is 0 Å². The van der Waals surface area contributed by atoms with Crippen LogP contribution in [-0.4, -0.2) is 57.0 Å². The van der Waals surface area contributed by atoms with Gasteiger partial charge in [-0.3, -0.25) is 4.79 Å². The van der Waals surface area contributed by atoms with Gasteiger partial charge >= 0.3 is 0 Å². The summed E-state index contributed by atoms with van der Waals surface area (Å²) in [5.74, 6) is 1.07. The molecule has 1 fully saturated rings. The van der Waals surface area contributed by atoms with Crippen LogP contribution in [0.25, 0.3) is 0 Å². The summed E-state index contributed by atoms with van der Waals surface area (Å²) in [5, 5.41) is 6.64. The lowest BCUT2D eigenvalue weighted by Crippen LogP contribution is -2.38. The Balaban J connectivity index is 0.00000338. The van der Waals surface area contributed by atoms with Gasteiger partial charge in [0.1, 0.15) is 0 Å². The van der Waals surface area contributed by atoms with E-state index < -0.39 is 0 Å². The van der Waals surface area contributed by atoms with Crippen LogP contribution in [0, 0.1) is 0 Å². The summed E-state index contributed by atoms with van der Waals surface area (Å²) < 4.78 is 0. The highest BCUT2D eigenvalue weighted by molar-refractivity contribution is 14.0. The van der Waals surface area contributed by atoms with Crippen molar-refractivity contribution in [3.05, 3.63) is 29.8 Å². The zero-order chi connectivity index (χ0) is 18.1. The Morgan fingerprint density at radius 1 is 1.23 bits per heavy atom. The molecular weight excluding hydrogens is 441 g/mol. The number of aliphatic imine (C=N–C) groups is 1. The van der Waals surface area contributed by atoms with E-state index in [0.29, 0.717) is 13.0 Å². The van der Waals surface area contributed by atoms with Crippen LogP contribution >= 0.6 is 24.0 Å². The van der Waals surface area contributed by atoms with E-state index in [0.717, 1.165) is 56.2 Å². The van der Waals surface area contributed by atoms with Crippen LogP contribution in [0.1, 0.15) is 31.7 Å². The topological polar surface area (TPSA) is 60.0 Å². The molecule has 0 aliphatic carbocycles. The number of nitrogens with zero attached hydrogens (tertiary/aromatic N) is 3. The molecule has 0 saturated carbocycles. The summed E-state index contributed by atoms with van der Waals surface area (Å²) >= 11 is 0. The van der Waals surface area contributed by atoms with Gasteiger partial charge < -0.3 is 20.4 Å². The predicted octanol–water partition coefficient (Wildman–Crippen LogP) is 2.44. The molecule has 1 aromatic carbocycles. The summed E-state index contributed by atoms with van der Waals surface area (Å²) in [6, 6.07) is 8.15. The van der Waals surface area contributed by atoms with Gasteiger partial charge in [0.05, 0.1) is 6.54 Å². The van der Waals surface area contributed by atoms with Gasteiger partial charge in [-0.2, -0.15) is 0 Å². The number of rotatable bonds is 8. The van der Waals surface area contributed by atoms with Gasteiger partial charge in [-0.05, 0) is 58.1 Å².